The van der Waals surface area contributed by atoms with E-state index in [1.807, 2.05) is 0 Å². The Hall–Kier alpha value is 0.190. The topological polar surface area (TPSA) is 43.8 Å². The Morgan fingerprint density at radius 3 is 2.85 bits per heavy atom. The third-order valence-electron chi connectivity index (χ3n) is 2.09. The summed E-state index contributed by atoms with van der Waals surface area (Å²) in [6.07, 6.45) is 4.69. The molecule has 2 N–H and O–H groups in total. The van der Waals surface area contributed by atoms with Gasteiger partial charge in [-0.15, -0.1) is 12.4 Å². The minimum absolute atomic E-state index is 0. The quantitative estimate of drug-likeness (QED) is 0.864. The molecule has 1 saturated carbocycles. The number of rotatable bonds is 3. The van der Waals surface area contributed by atoms with Crippen molar-refractivity contribution in [3.8, 4) is 0 Å². The van der Waals surface area contributed by atoms with Crippen LogP contribution in [0.4, 0.5) is 0 Å². The third-order valence-corrected chi connectivity index (χ3v) is 2.61. The second kappa shape index (κ2) is 4.61. The van der Waals surface area contributed by atoms with Crippen molar-refractivity contribution in [3.63, 3.8) is 0 Å². The molecule has 5 heteroatoms. The Morgan fingerprint density at radius 2 is 2.31 bits per heavy atom. The first-order valence-electron chi connectivity index (χ1n) is 4.24. The lowest BCUT2D eigenvalue weighted by molar-refractivity contribution is 0.662. The lowest BCUT2D eigenvalue weighted by Crippen LogP contribution is -2.11. The van der Waals surface area contributed by atoms with Gasteiger partial charge in [0.25, 0.3) is 0 Å². The molecule has 0 atom stereocenters. The average Bonchev–Trinajstić information content (AvgIpc) is 2.79. The second-order valence-corrected chi connectivity index (χ2v) is 4.28. The highest BCUT2D eigenvalue weighted by molar-refractivity contribution is 14.1. The molecule has 0 radical (unpaired) electrons. The van der Waals surface area contributed by atoms with Gasteiger partial charge in [0, 0.05) is 25.2 Å². The molecular weight excluding hydrogens is 300 g/mol. The predicted molar refractivity (Wildman–Crippen MR) is 63.2 cm³/mol. The van der Waals surface area contributed by atoms with E-state index in [1.165, 1.54) is 18.7 Å². The molecule has 3 nitrogen and oxygen atoms in total. The first-order chi connectivity index (χ1) is 5.81. The van der Waals surface area contributed by atoms with Gasteiger partial charge in [0.15, 0.2) is 0 Å². The maximum Gasteiger partial charge on any atom is 0.119 e. The van der Waals surface area contributed by atoms with Crippen LogP contribution >= 0.6 is 35.0 Å². The second-order valence-electron chi connectivity index (χ2n) is 3.18. The van der Waals surface area contributed by atoms with Gasteiger partial charge < -0.3 is 10.3 Å². The number of aromatic nitrogens is 2. The Balaban J connectivity index is 0.000000845. The molecule has 0 bridgehead atoms. The molecule has 74 valence electrons. The fraction of sp³-hybridized carbons (Fsp3) is 0.625. The maximum atomic E-state index is 5.51. The molecule has 0 amide bonds. The van der Waals surface area contributed by atoms with E-state index in [0.29, 0.717) is 6.54 Å². The van der Waals surface area contributed by atoms with Gasteiger partial charge in [0.2, 0.25) is 0 Å². The molecule has 0 saturated heterocycles. The minimum atomic E-state index is 0. The van der Waals surface area contributed by atoms with Crippen LogP contribution in [-0.2, 0) is 6.54 Å². The van der Waals surface area contributed by atoms with Crippen molar-refractivity contribution < 1.29 is 0 Å². The van der Waals surface area contributed by atoms with Crippen LogP contribution < -0.4 is 5.73 Å². The summed E-state index contributed by atoms with van der Waals surface area (Å²) in [6.45, 7) is 1.61. The highest BCUT2D eigenvalue weighted by Crippen LogP contribution is 2.39. The van der Waals surface area contributed by atoms with E-state index in [-0.39, 0.29) is 12.4 Å². The van der Waals surface area contributed by atoms with Crippen molar-refractivity contribution in [1.82, 2.24) is 9.55 Å². The fourth-order valence-corrected chi connectivity index (χ4v) is 1.97. The van der Waals surface area contributed by atoms with Gasteiger partial charge in [-0.1, -0.05) is 0 Å². The SMILES string of the molecule is Cl.NCCn1cc(I)nc1C1CC1. The van der Waals surface area contributed by atoms with Crippen LogP contribution in [0, 0.1) is 3.70 Å². The standard InChI is InChI=1S/C8H12IN3.ClH/c9-7-5-12(4-3-10)8(11-7)6-1-2-6;/h5-6H,1-4,10H2;1H. The predicted octanol–water partition coefficient (Wildman–Crippen LogP) is 1.75. The van der Waals surface area contributed by atoms with E-state index in [2.05, 4.69) is 38.3 Å². The van der Waals surface area contributed by atoms with Gasteiger partial charge >= 0.3 is 0 Å². The van der Waals surface area contributed by atoms with Crippen LogP contribution in [0.15, 0.2) is 6.20 Å². The van der Waals surface area contributed by atoms with Crippen molar-refractivity contribution in [2.24, 2.45) is 5.73 Å². The molecule has 0 spiro atoms. The van der Waals surface area contributed by atoms with Crippen LogP contribution in [0.5, 0.6) is 0 Å². The summed E-state index contributed by atoms with van der Waals surface area (Å²) in [5, 5.41) is 0. The summed E-state index contributed by atoms with van der Waals surface area (Å²) in [5.74, 6) is 1.96. The number of hydrogen-bond acceptors (Lipinski definition) is 2. The van der Waals surface area contributed by atoms with Gasteiger partial charge in [-0.2, -0.15) is 0 Å². The Morgan fingerprint density at radius 1 is 1.62 bits per heavy atom. The minimum Gasteiger partial charge on any atom is -0.332 e. The van der Waals surface area contributed by atoms with Gasteiger partial charge in [-0.25, -0.2) is 4.98 Å². The molecule has 0 aromatic carbocycles. The average molecular weight is 314 g/mol. The molecular formula is C8H13ClIN3. The summed E-state index contributed by atoms with van der Waals surface area (Å²) in [7, 11) is 0. The van der Waals surface area contributed by atoms with Crippen LogP contribution in [0.1, 0.15) is 24.6 Å². The van der Waals surface area contributed by atoms with E-state index in [0.717, 1.165) is 16.2 Å². The van der Waals surface area contributed by atoms with Crippen LogP contribution in [0.25, 0.3) is 0 Å². The molecule has 1 aromatic heterocycles. The van der Waals surface area contributed by atoms with Crippen molar-refractivity contribution in [1.29, 1.82) is 0 Å². The van der Waals surface area contributed by atoms with Crippen LogP contribution in [-0.4, -0.2) is 16.1 Å². The summed E-state index contributed by atoms with van der Waals surface area (Å²) >= 11 is 2.25. The highest BCUT2D eigenvalue weighted by Gasteiger charge is 2.28. The molecule has 0 unspecified atom stereocenters. The van der Waals surface area contributed by atoms with Crippen molar-refractivity contribution in [2.45, 2.75) is 25.3 Å². The summed E-state index contributed by atoms with van der Waals surface area (Å²) in [4.78, 5) is 4.49. The number of imidazole rings is 1. The zero-order valence-corrected chi connectivity index (χ0v) is 10.2. The van der Waals surface area contributed by atoms with Gasteiger partial charge in [-0.3, -0.25) is 0 Å². The Kier molecular flexibility index (Phi) is 4.00. The first-order valence-corrected chi connectivity index (χ1v) is 5.32. The maximum absolute atomic E-state index is 5.51. The smallest absolute Gasteiger partial charge is 0.119 e. The molecule has 1 fully saturated rings. The lowest BCUT2D eigenvalue weighted by atomic mass is 10.4. The molecule has 13 heavy (non-hydrogen) atoms. The number of halogens is 2. The summed E-state index contributed by atoms with van der Waals surface area (Å²) < 4.78 is 3.28. The summed E-state index contributed by atoms with van der Waals surface area (Å²) in [5.41, 5.74) is 5.51. The van der Waals surface area contributed by atoms with Crippen LogP contribution in [0.3, 0.4) is 0 Å². The lowest BCUT2D eigenvalue weighted by Gasteiger charge is -2.03. The van der Waals surface area contributed by atoms with E-state index in [1.54, 1.807) is 0 Å². The molecule has 2 rings (SSSR count). The number of nitrogens with zero attached hydrogens (tertiary/aromatic N) is 2. The summed E-state index contributed by atoms with van der Waals surface area (Å²) in [6, 6.07) is 0. The van der Waals surface area contributed by atoms with E-state index < -0.39 is 0 Å². The number of nitrogens with two attached hydrogens (primary N) is 1. The van der Waals surface area contributed by atoms with Gasteiger partial charge in [-0.05, 0) is 35.4 Å². The van der Waals surface area contributed by atoms with E-state index >= 15 is 0 Å². The van der Waals surface area contributed by atoms with Crippen molar-refractivity contribution >= 4 is 35.0 Å². The molecule has 1 aromatic rings. The Bertz CT molecular complexity index is 283. The molecule has 1 heterocycles. The first kappa shape index (κ1) is 11.3. The van der Waals surface area contributed by atoms with Crippen molar-refractivity contribution in [2.75, 3.05) is 6.54 Å². The van der Waals surface area contributed by atoms with E-state index in [4.69, 9.17) is 5.73 Å². The third kappa shape index (κ3) is 2.57. The van der Waals surface area contributed by atoms with Crippen molar-refractivity contribution in [3.05, 3.63) is 15.7 Å². The molecule has 0 aliphatic heterocycles. The Labute approximate surface area is 97.6 Å². The zero-order valence-electron chi connectivity index (χ0n) is 7.24. The number of hydrogen-bond donors (Lipinski definition) is 1. The molecule has 1 aliphatic rings. The van der Waals surface area contributed by atoms with E-state index in [9.17, 15) is 0 Å². The normalized spacial score (nSPS) is 15.5. The highest BCUT2D eigenvalue weighted by atomic mass is 127. The van der Waals surface area contributed by atoms with Gasteiger partial charge in [0.05, 0.1) is 0 Å². The zero-order chi connectivity index (χ0) is 8.55. The largest absolute Gasteiger partial charge is 0.332 e. The van der Waals surface area contributed by atoms with Gasteiger partial charge in [0.1, 0.15) is 9.53 Å². The monoisotopic (exact) mass is 313 g/mol. The molecule has 1 aliphatic carbocycles. The van der Waals surface area contributed by atoms with Crippen LogP contribution in [0.2, 0.25) is 0 Å². The fourth-order valence-electron chi connectivity index (χ4n) is 1.38.